The predicted molar refractivity (Wildman–Crippen MR) is 190 cm³/mol. The summed E-state index contributed by atoms with van der Waals surface area (Å²) in [6.07, 6.45) is 1.95. The first-order chi connectivity index (χ1) is 24.6. The van der Waals surface area contributed by atoms with Crippen LogP contribution in [0.1, 0.15) is 34.3 Å². The number of carbonyl (C=O) groups is 3. The maximum absolute atomic E-state index is 13.6. The summed E-state index contributed by atoms with van der Waals surface area (Å²) >= 11 is 8.37. The van der Waals surface area contributed by atoms with E-state index in [0.717, 1.165) is 48.6 Å². The Labute approximate surface area is 306 Å². The zero-order valence-electron chi connectivity index (χ0n) is 28.5. The van der Waals surface area contributed by atoms with E-state index in [4.69, 9.17) is 36.3 Å². The molecule has 6 rings (SSSR count). The number of amides is 2. The topological polar surface area (TPSA) is 152 Å². The lowest BCUT2D eigenvalue weighted by Gasteiger charge is -2.50. The van der Waals surface area contributed by atoms with Crippen LogP contribution in [0, 0.1) is 0 Å². The molecule has 2 fully saturated rings. The number of benzene rings is 3. The maximum atomic E-state index is 13.6. The van der Waals surface area contributed by atoms with Crippen molar-refractivity contribution in [1.29, 1.82) is 0 Å². The highest BCUT2D eigenvalue weighted by atomic mass is 35.5. The third-order valence-corrected chi connectivity index (χ3v) is 11.3. The highest BCUT2D eigenvalue weighted by Gasteiger charge is 2.51. The number of carboxylic acids is 1. The van der Waals surface area contributed by atoms with Gasteiger partial charge < -0.3 is 44.4 Å². The number of carbonyl (C=O) groups excluding carboxylic acids is 3. The third-order valence-electron chi connectivity index (χ3n) is 9.60. The molecule has 2 amide bonds. The van der Waals surface area contributed by atoms with Crippen LogP contribution in [-0.2, 0) is 22.8 Å². The van der Waals surface area contributed by atoms with E-state index in [2.05, 4.69) is 5.32 Å². The second kappa shape index (κ2) is 15.9. The number of nitrogens with zero attached hydrogens (tertiary/aromatic N) is 2. The van der Waals surface area contributed by atoms with Crippen LogP contribution in [0.15, 0.2) is 71.9 Å². The Morgan fingerprint density at radius 1 is 0.961 bits per heavy atom. The number of β-lactam (4-membered cyclic amide) rings is 1. The van der Waals surface area contributed by atoms with E-state index < -0.39 is 17.9 Å². The maximum Gasteiger partial charge on any atom is 0.253 e. The number of nitrogens with two attached hydrogens (primary N) is 1. The van der Waals surface area contributed by atoms with Gasteiger partial charge in [0.15, 0.2) is 11.5 Å². The molecule has 2 saturated heterocycles. The van der Waals surface area contributed by atoms with E-state index in [1.807, 2.05) is 48.5 Å². The average Bonchev–Trinajstić information content (AvgIpc) is 3.61. The molecule has 2 atom stereocenters. The SMILES string of the molecule is COc1ccc(COc2ccc(C(=O)NCC[N+]3(CC4=C(C(=O)[O-])N5C(=O)[C@@H](N)[C@H]5SC4)CCCC3)c(Cl)c2OCc2ccc(OC)cc2)cc1. The van der Waals surface area contributed by atoms with Gasteiger partial charge in [-0.3, -0.25) is 14.5 Å². The number of quaternary nitrogens is 1. The van der Waals surface area contributed by atoms with Crippen LogP contribution in [0.3, 0.4) is 0 Å². The van der Waals surface area contributed by atoms with Crippen molar-refractivity contribution in [2.24, 2.45) is 5.73 Å². The number of methoxy groups -OCH3 is 2. The average molecular weight is 737 g/mol. The Kier molecular flexibility index (Phi) is 11.3. The van der Waals surface area contributed by atoms with Crippen LogP contribution >= 0.6 is 23.4 Å². The van der Waals surface area contributed by atoms with Gasteiger partial charge in [-0.15, -0.1) is 11.8 Å². The molecule has 3 aliphatic heterocycles. The first-order valence-electron chi connectivity index (χ1n) is 16.7. The van der Waals surface area contributed by atoms with Gasteiger partial charge in [0.1, 0.15) is 42.7 Å². The molecule has 0 radical (unpaired) electrons. The fraction of sp³-hybridized carbons (Fsp3) is 0.378. The minimum absolute atomic E-state index is 0.0536. The molecule has 3 N–H and O–H groups in total. The van der Waals surface area contributed by atoms with Gasteiger partial charge in [-0.1, -0.05) is 35.9 Å². The van der Waals surface area contributed by atoms with Gasteiger partial charge in [0.05, 0.1) is 62.7 Å². The normalized spacial score (nSPS) is 19.2. The number of halogens is 1. The fourth-order valence-corrected chi connectivity index (χ4v) is 8.36. The highest BCUT2D eigenvalue weighted by molar-refractivity contribution is 8.00. The van der Waals surface area contributed by atoms with Gasteiger partial charge >= 0.3 is 0 Å². The smallest absolute Gasteiger partial charge is 0.253 e. The number of thioether (sulfide) groups is 1. The summed E-state index contributed by atoms with van der Waals surface area (Å²) in [7, 11) is 3.21. The van der Waals surface area contributed by atoms with Crippen LogP contribution in [0.5, 0.6) is 23.0 Å². The van der Waals surface area contributed by atoms with Gasteiger partial charge in [0.25, 0.3) is 5.91 Å². The molecule has 0 aliphatic carbocycles. The summed E-state index contributed by atoms with van der Waals surface area (Å²) in [5.74, 6) is 0.398. The number of rotatable bonds is 15. The zero-order valence-corrected chi connectivity index (χ0v) is 30.1. The Hall–Kier alpha value is -4.43. The van der Waals surface area contributed by atoms with Gasteiger partial charge in [-0.2, -0.15) is 0 Å². The molecule has 3 aliphatic rings. The van der Waals surface area contributed by atoms with Crippen molar-refractivity contribution < 1.29 is 42.9 Å². The highest BCUT2D eigenvalue weighted by Crippen LogP contribution is 2.41. The van der Waals surface area contributed by atoms with Crippen LogP contribution in [-0.4, -0.2) is 91.3 Å². The number of hydrogen-bond acceptors (Lipinski definition) is 10. The quantitative estimate of drug-likeness (QED) is 0.176. The van der Waals surface area contributed by atoms with Gasteiger partial charge in [-0.25, -0.2) is 0 Å². The van der Waals surface area contributed by atoms with E-state index >= 15 is 0 Å². The molecular formula is C37H41ClN4O8S. The van der Waals surface area contributed by atoms with E-state index in [1.165, 1.54) is 16.7 Å². The molecule has 0 spiro atoms. The van der Waals surface area contributed by atoms with E-state index in [1.54, 1.807) is 26.4 Å². The molecule has 0 saturated carbocycles. The summed E-state index contributed by atoms with van der Waals surface area (Å²) < 4.78 is 23.4. The first-order valence-corrected chi connectivity index (χ1v) is 18.2. The second-order valence-corrected chi connectivity index (χ2v) is 14.3. The molecule has 14 heteroatoms. The minimum atomic E-state index is -1.36. The number of carboxylic acid groups (broad SMARTS) is 1. The van der Waals surface area contributed by atoms with Gasteiger partial charge in [0.2, 0.25) is 5.91 Å². The van der Waals surface area contributed by atoms with E-state index in [9.17, 15) is 19.5 Å². The van der Waals surface area contributed by atoms with Crippen molar-refractivity contribution in [2.45, 2.75) is 37.5 Å². The zero-order chi connectivity index (χ0) is 36.1. The van der Waals surface area contributed by atoms with E-state index in [0.29, 0.717) is 41.2 Å². The Morgan fingerprint density at radius 2 is 1.57 bits per heavy atom. The molecule has 270 valence electrons. The largest absolute Gasteiger partial charge is 0.543 e. The van der Waals surface area contributed by atoms with Crippen LogP contribution in [0.4, 0.5) is 0 Å². The van der Waals surface area contributed by atoms with Gasteiger partial charge in [-0.05, 0) is 47.5 Å². The number of fused-ring (bicyclic) bond motifs is 1. The summed E-state index contributed by atoms with van der Waals surface area (Å²) in [5, 5.41) is 15.0. The standard InChI is InChI=1S/C37H41ClN4O8S/c1-47-26-9-5-23(6-10-26)20-49-29-14-13-28(30(38)33(29)50-21-24-7-11-27(48-2)12-8-24)34(43)40-15-18-42(16-3-4-17-42)19-25-22-51-36-31(39)35(44)41(36)32(25)37(45)46/h5-14,31,36H,3-4,15-22,39H2,1-2H3,(H-,40,43,45,46)/t31-,36-/m1/s1. The monoisotopic (exact) mass is 736 g/mol. The lowest BCUT2D eigenvalue weighted by molar-refractivity contribution is -0.911. The van der Waals surface area contributed by atoms with Crippen LogP contribution < -0.4 is 35.1 Å². The lowest BCUT2D eigenvalue weighted by atomic mass is 10.0. The Morgan fingerprint density at radius 3 is 2.16 bits per heavy atom. The first kappa shape index (κ1) is 36.4. The number of nitrogens with one attached hydrogen (secondary N) is 1. The Balaban J connectivity index is 1.16. The Bertz CT molecular complexity index is 1800. The van der Waals surface area contributed by atoms with Crippen molar-refractivity contribution in [3.63, 3.8) is 0 Å². The molecule has 3 aromatic carbocycles. The molecule has 51 heavy (non-hydrogen) atoms. The number of hydrogen-bond donors (Lipinski definition) is 2. The fourth-order valence-electron chi connectivity index (χ4n) is 6.79. The minimum Gasteiger partial charge on any atom is -0.543 e. The molecule has 0 aromatic heterocycles. The molecule has 0 bridgehead atoms. The summed E-state index contributed by atoms with van der Waals surface area (Å²) in [6.45, 7) is 3.40. The number of aliphatic carboxylic acids is 1. The van der Waals surface area contributed by atoms with Crippen molar-refractivity contribution in [3.05, 3.63) is 93.6 Å². The lowest BCUT2D eigenvalue weighted by Crippen LogP contribution is -2.69. The van der Waals surface area contributed by atoms with E-state index in [-0.39, 0.29) is 46.5 Å². The summed E-state index contributed by atoms with van der Waals surface area (Å²) in [5.41, 5.74) is 8.54. The molecule has 3 aromatic rings. The van der Waals surface area contributed by atoms with Crippen LogP contribution in [0.2, 0.25) is 5.02 Å². The predicted octanol–water partition coefficient (Wildman–Crippen LogP) is 3.10. The third kappa shape index (κ3) is 7.91. The van der Waals surface area contributed by atoms with Crippen molar-refractivity contribution >= 4 is 41.1 Å². The molecule has 0 unspecified atom stereocenters. The van der Waals surface area contributed by atoms with Crippen molar-refractivity contribution in [3.8, 4) is 23.0 Å². The van der Waals surface area contributed by atoms with Gasteiger partial charge in [0, 0.05) is 24.2 Å². The van der Waals surface area contributed by atoms with Crippen molar-refractivity contribution in [2.75, 3.05) is 52.7 Å². The molecule has 3 heterocycles. The summed E-state index contributed by atoms with van der Waals surface area (Å²) in [6, 6.07) is 17.5. The second-order valence-electron chi connectivity index (χ2n) is 12.8. The molecular weight excluding hydrogens is 696 g/mol. The number of likely N-dealkylation sites (tertiary alicyclic amines) is 1. The molecule has 12 nitrogen and oxygen atoms in total. The van der Waals surface area contributed by atoms with Crippen LogP contribution in [0.25, 0.3) is 0 Å². The van der Waals surface area contributed by atoms with Crippen molar-refractivity contribution in [1.82, 2.24) is 10.2 Å². The number of ether oxygens (including phenoxy) is 4. The summed E-state index contributed by atoms with van der Waals surface area (Å²) in [4.78, 5) is 39.5.